The van der Waals surface area contributed by atoms with E-state index in [2.05, 4.69) is 4.98 Å². The van der Waals surface area contributed by atoms with E-state index in [4.69, 9.17) is 9.94 Å². The molecule has 0 spiro atoms. The maximum Gasteiger partial charge on any atom is 0.264 e. The Morgan fingerprint density at radius 1 is 1.19 bits per heavy atom. The van der Waals surface area contributed by atoms with Crippen molar-refractivity contribution in [3.8, 4) is 17.0 Å². The fourth-order valence-electron chi connectivity index (χ4n) is 2.50. The number of methoxy groups -OCH3 is 1. The lowest BCUT2D eigenvalue weighted by Crippen LogP contribution is -2.49. The fourth-order valence-corrected chi connectivity index (χ4v) is 3.36. The molecule has 0 radical (unpaired) electrons. The SMILES string of the molecule is COc1ccc(-c2ccc(CC[C@](C)(C(=O)NO)S(C)(=O)=O)cc2)cn1. The Morgan fingerprint density at radius 3 is 2.27 bits per heavy atom. The maximum atomic E-state index is 12.0. The molecule has 0 aliphatic rings. The van der Waals surface area contributed by atoms with Crippen molar-refractivity contribution in [2.24, 2.45) is 0 Å². The molecule has 0 saturated heterocycles. The fraction of sp³-hybridized carbons (Fsp3) is 0.333. The molecule has 1 aromatic carbocycles. The van der Waals surface area contributed by atoms with Gasteiger partial charge in [-0.05, 0) is 37.0 Å². The van der Waals surface area contributed by atoms with Gasteiger partial charge in [-0.2, -0.15) is 0 Å². The molecular weight excluding hydrogens is 356 g/mol. The zero-order valence-electron chi connectivity index (χ0n) is 14.9. The summed E-state index contributed by atoms with van der Waals surface area (Å²) in [6.07, 6.45) is 3.13. The Labute approximate surface area is 152 Å². The first-order chi connectivity index (χ1) is 12.2. The van der Waals surface area contributed by atoms with Crippen molar-refractivity contribution in [3.63, 3.8) is 0 Å². The van der Waals surface area contributed by atoms with Crippen molar-refractivity contribution >= 4 is 15.7 Å². The molecule has 2 aromatic rings. The van der Waals surface area contributed by atoms with E-state index >= 15 is 0 Å². The van der Waals surface area contributed by atoms with Crippen LogP contribution in [0.3, 0.4) is 0 Å². The van der Waals surface area contributed by atoms with Crippen LogP contribution in [0, 0.1) is 0 Å². The standard InChI is InChI=1S/C18H22N2O5S/c1-18(17(21)20-22,26(3,23)24)11-10-13-4-6-14(7-5-13)15-8-9-16(25-2)19-12-15/h4-9,12,22H,10-11H2,1-3H3,(H,20,21)/t18-/m1/s1. The molecule has 7 nitrogen and oxygen atoms in total. The van der Waals surface area contributed by atoms with Crippen LogP contribution in [0.1, 0.15) is 18.9 Å². The maximum absolute atomic E-state index is 12.0. The van der Waals surface area contributed by atoms with Crippen molar-refractivity contribution in [1.29, 1.82) is 0 Å². The molecule has 140 valence electrons. The number of nitrogens with zero attached hydrogens (tertiary/aromatic N) is 1. The van der Waals surface area contributed by atoms with E-state index in [-0.39, 0.29) is 6.42 Å². The number of hydroxylamine groups is 1. The number of amides is 1. The van der Waals surface area contributed by atoms with Crippen LogP contribution in [0.4, 0.5) is 0 Å². The smallest absolute Gasteiger partial charge is 0.264 e. The van der Waals surface area contributed by atoms with Crippen LogP contribution in [0.2, 0.25) is 0 Å². The molecule has 8 heteroatoms. The number of carbonyl (C=O) groups is 1. The highest BCUT2D eigenvalue weighted by Gasteiger charge is 2.43. The quantitative estimate of drug-likeness (QED) is 0.564. The Balaban J connectivity index is 2.14. The lowest BCUT2D eigenvalue weighted by molar-refractivity contribution is -0.131. The molecule has 26 heavy (non-hydrogen) atoms. The molecule has 2 N–H and O–H groups in total. The van der Waals surface area contributed by atoms with Crippen LogP contribution in [0.15, 0.2) is 42.6 Å². The molecule has 0 fully saturated rings. The van der Waals surface area contributed by atoms with Crippen LogP contribution in [-0.2, 0) is 21.1 Å². The monoisotopic (exact) mass is 378 g/mol. The summed E-state index contributed by atoms with van der Waals surface area (Å²) in [5.41, 5.74) is 4.23. The van der Waals surface area contributed by atoms with Gasteiger partial charge in [0.15, 0.2) is 9.84 Å². The number of nitrogens with one attached hydrogen (secondary N) is 1. The predicted molar refractivity (Wildman–Crippen MR) is 97.7 cm³/mol. The van der Waals surface area contributed by atoms with Gasteiger partial charge in [-0.15, -0.1) is 0 Å². The highest BCUT2D eigenvalue weighted by molar-refractivity contribution is 7.92. The first-order valence-electron chi connectivity index (χ1n) is 7.95. The highest BCUT2D eigenvalue weighted by atomic mass is 32.2. The molecule has 0 saturated carbocycles. The van der Waals surface area contributed by atoms with Gasteiger partial charge in [0.05, 0.1) is 7.11 Å². The average Bonchev–Trinajstić information content (AvgIpc) is 2.65. The van der Waals surface area contributed by atoms with Gasteiger partial charge in [-0.3, -0.25) is 10.0 Å². The van der Waals surface area contributed by atoms with E-state index in [0.717, 1.165) is 22.9 Å². The summed E-state index contributed by atoms with van der Waals surface area (Å²) in [6, 6.07) is 11.2. The van der Waals surface area contributed by atoms with Crippen LogP contribution in [0.25, 0.3) is 11.1 Å². The van der Waals surface area contributed by atoms with Crippen LogP contribution < -0.4 is 10.2 Å². The van der Waals surface area contributed by atoms with E-state index in [1.54, 1.807) is 19.4 Å². The number of rotatable bonds is 7. The number of ether oxygens (including phenoxy) is 1. The van der Waals surface area contributed by atoms with Gasteiger partial charge in [0, 0.05) is 24.1 Å². The molecule has 0 unspecified atom stereocenters. The van der Waals surface area contributed by atoms with Crippen molar-refractivity contribution in [2.45, 2.75) is 24.5 Å². The first-order valence-corrected chi connectivity index (χ1v) is 9.84. The Kier molecular flexibility index (Phi) is 5.99. The lowest BCUT2D eigenvalue weighted by atomic mass is 9.98. The van der Waals surface area contributed by atoms with Gasteiger partial charge < -0.3 is 4.74 Å². The number of hydrogen-bond acceptors (Lipinski definition) is 6. The van der Waals surface area contributed by atoms with Crippen LogP contribution >= 0.6 is 0 Å². The van der Waals surface area contributed by atoms with Crippen LogP contribution in [-0.4, -0.2) is 42.6 Å². The average molecular weight is 378 g/mol. The number of aryl methyl sites for hydroxylation is 1. The minimum Gasteiger partial charge on any atom is -0.481 e. The second-order valence-corrected chi connectivity index (χ2v) is 8.68. The molecule has 0 bridgehead atoms. The Hall–Kier alpha value is -2.45. The number of pyridine rings is 1. The van der Waals surface area contributed by atoms with Gasteiger partial charge in [0.25, 0.3) is 5.91 Å². The van der Waals surface area contributed by atoms with Gasteiger partial charge >= 0.3 is 0 Å². The first kappa shape index (κ1) is 19.9. The van der Waals surface area contributed by atoms with E-state index in [1.165, 1.54) is 12.4 Å². The van der Waals surface area contributed by atoms with Crippen molar-refractivity contribution in [1.82, 2.24) is 10.5 Å². The number of hydrogen-bond donors (Lipinski definition) is 2. The third-order valence-corrected chi connectivity index (χ3v) is 6.55. The number of aromatic nitrogens is 1. The van der Waals surface area contributed by atoms with E-state index < -0.39 is 20.5 Å². The zero-order valence-corrected chi connectivity index (χ0v) is 15.7. The summed E-state index contributed by atoms with van der Waals surface area (Å²) in [4.78, 5) is 16.0. The minimum absolute atomic E-state index is 0.0572. The van der Waals surface area contributed by atoms with Crippen molar-refractivity contribution in [3.05, 3.63) is 48.2 Å². The van der Waals surface area contributed by atoms with Gasteiger partial charge in [0.2, 0.25) is 5.88 Å². The molecule has 1 aromatic heterocycles. The van der Waals surface area contributed by atoms with Gasteiger partial charge in [-0.1, -0.05) is 24.3 Å². The second kappa shape index (κ2) is 7.84. The third-order valence-electron chi connectivity index (χ3n) is 4.52. The summed E-state index contributed by atoms with van der Waals surface area (Å²) in [5.74, 6) is -0.395. The summed E-state index contributed by atoms with van der Waals surface area (Å²) in [6.45, 7) is 1.31. The number of sulfone groups is 1. The molecule has 1 amide bonds. The largest absolute Gasteiger partial charge is 0.481 e. The number of benzene rings is 1. The summed E-state index contributed by atoms with van der Waals surface area (Å²) in [7, 11) is -2.14. The lowest BCUT2D eigenvalue weighted by Gasteiger charge is -2.25. The van der Waals surface area contributed by atoms with Crippen LogP contribution in [0.5, 0.6) is 5.88 Å². The van der Waals surface area contributed by atoms with Crippen molar-refractivity contribution < 1.29 is 23.2 Å². The normalized spacial score (nSPS) is 13.7. The second-order valence-electron chi connectivity index (χ2n) is 6.23. The molecule has 1 atom stereocenters. The van der Waals surface area contributed by atoms with Gasteiger partial charge in [0.1, 0.15) is 4.75 Å². The topological polar surface area (TPSA) is 106 Å². The summed E-state index contributed by atoms with van der Waals surface area (Å²) in [5, 5.41) is 8.85. The minimum atomic E-state index is -3.70. The predicted octanol–water partition coefficient (Wildman–Crippen LogP) is 2.00. The third kappa shape index (κ3) is 4.20. The van der Waals surface area contributed by atoms with Gasteiger partial charge in [-0.25, -0.2) is 18.9 Å². The van der Waals surface area contributed by atoms with E-state index in [9.17, 15) is 13.2 Å². The molecule has 2 rings (SSSR count). The van der Waals surface area contributed by atoms with E-state index in [0.29, 0.717) is 12.3 Å². The number of carbonyl (C=O) groups excluding carboxylic acids is 1. The Bertz CT molecular complexity index is 863. The summed E-state index contributed by atoms with van der Waals surface area (Å²) >= 11 is 0. The zero-order chi connectivity index (χ0) is 19.4. The highest BCUT2D eigenvalue weighted by Crippen LogP contribution is 2.25. The molecular formula is C18H22N2O5S. The molecule has 0 aliphatic carbocycles. The van der Waals surface area contributed by atoms with E-state index in [1.807, 2.05) is 30.3 Å². The summed E-state index contributed by atoms with van der Waals surface area (Å²) < 4.78 is 27.3. The molecule has 0 aliphatic heterocycles. The molecule has 1 heterocycles. The Morgan fingerprint density at radius 2 is 1.81 bits per heavy atom. The van der Waals surface area contributed by atoms with Crippen molar-refractivity contribution in [2.75, 3.05) is 13.4 Å².